The van der Waals surface area contributed by atoms with Gasteiger partial charge in [0, 0.05) is 43.7 Å². The lowest BCUT2D eigenvalue weighted by molar-refractivity contribution is -0.134. The third kappa shape index (κ3) is 6.13. The molecule has 0 unspecified atom stereocenters. The van der Waals surface area contributed by atoms with Crippen LogP contribution in [-0.4, -0.2) is 48.4 Å². The lowest BCUT2D eigenvalue weighted by atomic mass is 10.1. The lowest BCUT2D eigenvalue weighted by Gasteiger charge is -2.36. The first kappa shape index (κ1) is 24.1. The van der Waals surface area contributed by atoms with Gasteiger partial charge in [0.2, 0.25) is 5.91 Å². The minimum Gasteiger partial charge on any atom is -0.368 e. The number of carbonyl (C=O) groups is 1. The predicted octanol–water partition coefficient (Wildman–Crippen LogP) is 5.85. The number of hydrogen-bond acceptors (Lipinski definition) is 3. The standard InChI is InChI=1S/C30H33ClN2O2/c1-22-6-5-7-23(18-22)21-35-29(25-10-12-26(31)13-11-25)20-32-14-16-33(17-15-32)30(34)28-19-27(28)24-8-3-2-4-9-24/h2-13,18,27-29H,14-17,19-21H2,1H3/t27-,28-,29+/m0/s1. The zero-order valence-electron chi connectivity index (χ0n) is 20.3. The van der Waals surface area contributed by atoms with Gasteiger partial charge in [-0.15, -0.1) is 0 Å². The van der Waals surface area contributed by atoms with E-state index in [0.29, 0.717) is 18.4 Å². The molecule has 0 spiro atoms. The van der Waals surface area contributed by atoms with Crippen LogP contribution in [0, 0.1) is 12.8 Å². The molecule has 3 aromatic carbocycles. The average molecular weight is 489 g/mol. The van der Waals surface area contributed by atoms with Gasteiger partial charge in [-0.2, -0.15) is 0 Å². The van der Waals surface area contributed by atoms with E-state index >= 15 is 0 Å². The van der Waals surface area contributed by atoms with Crippen molar-refractivity contribution < 1.29 is 9.53 Å². The van der Waals surface area contributed by atoms with Crippen LogP contribution in [0.4, 0.5) is 0 Å². The first-order valence-corrected chi connectivity index (χ1v) is 12.9. The molecule has 1 aliphatic heterocycles. The molecule has 5 heteroatoms. The normalized spacial score (nSPS) is 21.0. The molecule has 0 N–H and O–H groups in total. The van der Waals surface area contributed by atoms with Gasteiger partial charge in [0.25, 0.3) is 0 Å². The van der Waals surface area contributed by atoms with Crippen molar-refractivity contribution in [3.8, 4) is 0 Å². The maximum Gasteiger partial charge on any atom is 0.226 e. The maximum atomic E-state index is 13.1. The van der Waals surface area contributed by atoms with Crippen molar-refractivity contribution in [3.05, 3.63) is 106 Å². The summed E-state index contributed by atoms with van der Waals surface area (Å²) in [6, 6.07) is 26.9. The molecule has 1 saturated carbocycles. The molecule has 1 aliphatic carbocycles. The number of piperazine rings is 1. The highest BCUT2D eigenvalue weighted by atomic mass is 35.5. The summed E-state index contributed by atoms with van der Waals surface area (Å²) in [4.78, 5) is 17.6. The lowest BCUT2D eigenvalue weighted by Crippen LogP contribution is -2.50. The highest BCUT2D eigenvalue weighted by molar-refractivity contribution is 6.30. The Morgan fingerprint density at radius 3 is 2.43 bits per heavy atom. The highest BCUT2D eigenvalue weighted by Gasteiger charge is 2.46. The summed E-state index contributed by atoms with van der Waals surface area (Å²) in [5, 5.41) is 0.729. The van der Waals surface area contributed by atoms with Crippen LogP contribution in [0.3, 0.4) is 0 Å². The fraction of sp³-hybridized carbons (Fsp3) is 0.367. The van der Waals surface area contributed by atoms with Crippen LogP contribution in [-0.2, 0) is 16.1 Å². The Labute approximate surface area is 213 Å². The van der Waals surface area contributed by atoms with E-state index in [2.05, 4.69) is 77.4 Å². The van der Waals surface area contributed by atoms with Crippen LogP contribution in [0.15, 0.2) is 78.9 Å². The summed E-state index contributed by atoms with van der Waals surface area (Å²) in [6.45, 7) is 6.76. The van der Waals surface area contributed by atoms with E-state index in [9.17, 15) is 4.79 Å². The number of aryl methyl sites for hydroxylation is 1. The third-order valence-corrected chi connectivity index (χ3v) is 7.47. The second kappa shape index (κ2) is 10.9. The molecular weight excluding hydrogens is 456 g/mol. The third-order valence-electron chi connectivity index (χ3n) is 7.22. The highest BCUT2D eigenvalue weighted by Crippen LogP contribution is 2.48. The van der Waals surface area contributed by atoms with E-state index < -0.39 is 0 Å². The van der Waals surface area contributed by atoms with Crippen LogP contribution in [0.1, 0.15) is 40.7 Å². The van der Waals surface area contributed by atoms with Gasteiger partial charge >= 0.3 is 0 Å². The Bertz CT molecular complexity index is 1130. The Kier molecular flexibility index (Phi) is 7.52. The summed E-state index contributed by atoms with van der Waals surface area (Å²) in [6.07, 6.45) is 0.926. The van der Waals surface area contributed by atoms with Gasteiger partial charge in [-0.1, -0.05) is 83.9 Å². The number of hydrogen-bond donors (Lipinski definition) is 0. The molecule has 3 atom stereocenters. The van der Waals surface area contributed by atoms with E-state index in [1.807, 2.05) is 18.2 Å². The van der Waals surface area contributed by atoms with Gasteiger partial charge in [0.1, 0.15) is 0 Å². The summed E-state index contributed by atoms with van der Waals surface area (Å²) >= 11 is 6.14. The average Bonchev–Trinajstić information content (AvgIpc) is 3.69. The maximum absolute atomic E-state index is 13.1. The molecule has 0 radical (unpaired) electrons. The van der Waals surface area contributed by atoms with Crippen molar-refractivity contribution in [3.63, 3.8) is 0 Å². The Morgan fingerprint density at radius 1 is 0.971 bits per heavy atom. The van der Waals surface area contributed by atoms with Gasteiger partial charge in [0.15, 0.2) is 0 Å². The minimum atomic E-state index is -0.0547. The second-order valence-corrected chi connectivity index (χ2v) is 10.3. The number of ether oxygens (including phenoxy) is 1. The minimum absolute atomic E-state index is 0.0547. The second-order valence-electron chi connectivity index (χ2n) is 9.83. The fourth-order valence-electron chi connectivity index (χ4n) is 5.09. The van der Waals surface area contributed by atoms with E-state index in [0.717, 1.165) is 49.7 Å². The molecule has 0 aromatic heterocycles. The van der Waals surface area contributed by atoms with Crippen molar-refractivity contribution in [1.29, 1.82) is 0 Å². The molecule has 1 saturated heterocycles. The van der Waals surface area contributed by atoms with Crippen LogP contribution in [0.2, 0.25) is 5.02 Å². The molecule has 182 valence electrons. The molecule has 2 fully saturated rings. The molecule has 1 heterocycles. The van der Waals surface area contributed by atoms with E-state index in [1.165, 1.54) is 16.7 Å². The predicted molar refractivity (Wildman–Crippen MR) is 140 cm³/mol. The molecule has 4 nitrogen and oxygen atoms in total. The van der Waals surface area contributed by atoms with E-state index in [1.54, 1.807) is 0 Å². The van der Waals surface area contributed by atoms with Gasteiger partial charge < -0.3 is 9.64 Å². The van der Waals surface area contributed by atoms with E-state index in [-0.39, 0.29) is 12.0 Å². The summed E-state index contributed by atoms with van der Waals surface area (Å²) in [5.74, 6) is 0.873. The van der Waals surface area contributed by atoms with Crippen molar-refractivity contribution >= 4 is 17.5 Å². The van der Waals surface area contributed by atoms with Gasteiger partial charge in [-0.3, -0.25) is 9.69 Å². The first-order valence-electron chi connectivity index (χ1n) is 12.6. The van der Waals surface area contributed by atoms with Crippen LogP contribution >= 0.6 is 11.6 Å². The number of nitrogens with zero attached hydrogens (tertiary/aromatic N) is 2. The number of rotatable bonds is 8. The number of carbonyl (C=O) groups excluding carboxylic acids is 1. The van der Waals surface area contributed by atoms with Gasteiger partial charge in [-0.25, -0.2) is 0 Å². The summed E-state index contributed by atoms with van der Waals surface area (Å²) in [5.41, 5.74) is 4.84. The summed E-state index contributed by atoms with van der Waals surface area (Å²) in [7, 11) is 0. The molecule has 2 aliphatic rings. The first-order chi connectivity index (χ1) is 17.1. The molecule has 1 amide bonds. The fourth-order valence-corrected chi connectivity index (χ4v) is 5.21. The number of halogens is 1. The van der Waals surface area contributed by atoms with Gasteiger partial charge in [0.05, 0.1) is 12.7 Å². The molecule has 0 bridgehead atoms. The number of amides is 1. The Morgan fingerprint density at radius 2 is 1.71 bits per heavy atom. The van der Waals surface area contributed by atoms with Crippen molar-refractivity contribution in [2.75, 3.05) is 32.7 Å². The van der Waals surface area contributed by atoms with Crippen LogP contribution in [0.5, 0.6) is 0 Å². The molecular formula is C30H33ClN2O2. The number of benzene rings is 3. The van der Waals surface area contributed by atoms with Crippen molar-refractivity contribution in [1.82, 2.24) is 9.80 Å². The van der Waals surface area contributed by atoms with Crippen LogP contribution < -0.4 is 0 Å². The van der Waals surface area contributed by atoms with Crippen LogP contribution in [0.25, 0.3) is 0 Å². The van der Waals surface area contributed by atoms with Crippen molar-refractivity contribution in [2.24, 2.45) is 5.92 Å². The SMILES string of the molecule is Cc1cccc(CO[C@H](CN2CCN(C(=O)[C@H]3C[C@H]3c3ccccc3)CC2)c2ccc(Cl)cc2)c1. The molecule has 3 aromatic rings. The van der Waals surface area contributed by atoms with E-state index in [4.69, 9.17) is 16.3 Å². The Hall–Kier alpha value is -2.66. The van der Waals surface area contributed by atoms with Gasteiger partial charge in [-0.05, 0) is 48.1 Å². The zero-order valence-corrected chi connectivity index (χ0v) is 21.0. The molecule has 35 heavy (non-hydrogen) atoms. The summed E-state index contributed by atoms with van der Waals surface area (Å²) < 4.78 is 6.43. The monoisotopic (exact) mass is 488 g/mol. The van der Waals surface area contributed by atoms with Crippen molar-refractivity contribution in [2.45, 2.75) is 32.0 Å². The largest absolute Gasteiger partial charge is 0.368 e. The zero-order chi connectivity index (χ0) is 24.2. The smallest absolute Gasteiger partial charge is 0.226 e. The quantitative estimate of drug-likeness (QED) is 0.398. The molecule has 5 rings (SSSR count). The topological polar surface area (TPSA) is 32.8 Å². The Balaban J connectivity index is 1.17.